The molecule has 1 N–H and O–H groups in total. The molecule has 1 heterocycles. The third-order valence-electron chi connectivity index (χ3n) is 4.19. The Balaban J connectivity index is 3.09. The molecule has 1 rings (SSSR count). The smallest absolute Gasteiger partial charge is 0.155 e. The maximum atomic E-state index is 11.8. The van der Waals surface area contributed by atoms with Crippen LogP contribution in [0.1, 0.15) is 48.0 Å². The third kappa shape index (κ3) is 2.73. The first kappa shape index (κ1) is 15.9. The summed E-state index contributed by atoms with van der Waals surface area (Å²) in [5.41, 5.74) is -0.854. The Morgan fingerprint density at radius 3 is 2.00 bits per heavy atom. The van der Waals surface area contributed by atoms with Crippen molar-refractivity contribution >= 4 is 9.84 Å². The minimum absolute atomic E-state index is 0.197. The number of hydrogen-bond donors (Lipinski definition) is 1. The normalized spacial score (nSPS) is 29.2. The molecule has 18 heavy (non-hydrogen) atoms. The Bertz CT molecular complexity index is 420. The molecular weight excluding hydrogens is 252 g/mol. The molecule has 0 amide bonds. The molecule has 2 atom stereocenters. The van der Waals surface area contributed by atoms with Crippen molar-refractivity contribution in [3.8, 4) is 0 Å². The van der Waals surface area contributed by atoms with Gasteiger partial charge in [-0.25, -0.2) is 8.42 Å². The Hall–Kier alpha value is -0.130. The summed E-state index contributed by atoms with van der Waals surface area (Å²) in [6.45, 7) is 10.9. The number of aliphatic hydroxyl groups is 1. The first-order valence-electron chi connectivity index (χ1n) is 6.28. The van der Waals surface area contributed by atoms with Crippen molar-refractivity contribution in [2.45, 2.75) is 70.0 Å². The Morgan fingerprint density at radius 2 is 1.72 bits per heavy atom. The predicted molar refractivity (Wildman–Crippen MR) is 72.3 cm³/mol. The number of rotatable bonds is 3. The molecule has 0 bridgehead atoms. The van der Waals surface area contributed by atoms with Crippen molar-refractivity contribution in [3.05, 3.63) is 0 Å². The van der Waals surface area contributed by atoms with Gasteiger partial charge in [0, 0.05) is 12.2 Å². The van der Waals surface area contributed by atoms with Gasteiger partial charge in [0.05, 0.1) is 22.1 Å². The molecule has 1 saturated heterocycles. The van der Waals surface area contributed by atoms with Crippen LogP contribution in [0.2, 0.25) is 0 Å². The van der Waals surface area contributed by atoms with E-state index in [4.69, 9.17) is 4.74 Å². The van der Waals surface area contributed by atoms with E-state index in [2.05, 4.69) is 0 Å². The summed E-state index contributed by atoms with van der Waals surface area (Å²) >= 11 is 0. The van der Waals surface area contributed by atoms with Crippen LogP contribution in [0, 0.1) is 5.92 Å². The van der Waals surface area contributed by atoms with E-state index in [0.29, 0.717) is 6.42 Å². The fraction of sp³-hybridized carbons (Fsp3) is 1.00. The van der Waals surface area contributed by atoms with Crippen LogP contribution in [0.25, 0.3) is 0 Å². The minimum atomic E-state index is -3.33. The van der Waals surface area contributed by atoms with Gasteiger partial charge in [0.1, 0.15) is 0 Å². The molecule has 4 nitrogen and oxygen atoms in total. The van der Waals surface area contributed by atoms with Crippen LogP contribution in [-0.2, 0) is 14.6 Å². The monoisotopic (exact) mass is 278 g/mol. The SMILES string of the molecule is CC1(C)CC(C(O)C(C)(C)S(C)(=O)=O)C(C)(C)O1. The largest absolute Gasteiger partial charge is 0.391 e. The van der Waals surface area contributed by atoms with E-state index in [0.717, 1.165) is 0 Å². The molecule has 1 aliphatic heterocycles. The lowest BCUT2D eigenvalue weighted by Crippen LogP contribution is -2.51. The zero-order valence-electron chi connectivity index (χ0n) is 12.4. The fourth-order valence-corrected chi connectivity index (χ4v) is 3.40. The van der Waals surface area contributed by atoms with E-state index in [9.17, 15) is 13.5 Å². The summed E-state index contributed by atoms with van der Waals surface area (Å²) < 4.78 is 28.4. The van der Waals surface area contributed by atoms with Gasteiger partial charge in [-0.1, -0.05) is 0 Å². The summed E-state index contributed by atoms with van der Waals surface area (Å²) in [5.74, 6) is -0.197. The van der Waals surface area contributed by atoms with E-state index in [1.54, 1.807) is 13.8 Å². The molecule has 0 radical (unpaired) electrons. The fourth-order valence-electron chi connectivity index (χ4n) is 2.80. The van der Waals surface area contributed by atoms with Gasteiger partial charge in [-0.2, -0.15) is 0 Å². The van der Waals surface area contributed by atoms with Gasteiger partial charge in [-0.15, -0.1) is 0 Å². The first-order valence-corrected chi connectivity index (χ1v) is 8.18. The number of hydrogen-bond acceptors (Lipinski definition) is 4. The zero-order chi connectivity index (χ0) is 14.6. The molecule has 0 spiro atoms. The summed E-state index contributed by atoms with van der Waals surface area (Å²) in [7, 11) is -3.33. The van der Waals surface area contributed by atoms with Crippen molar-refractivity contribution in [2.24, 2.45) is 5.92 Å². The average molecular weight is 278 g/mol. The van der Waals surface area contributed by atoms with E-state index in [-0.39, 0.29) is 11.5 Å². The Kier molecular flexibility index (Phi) is 3.70. The third-order valence-corrected chi connectivity index (χ3v) is 6.35. The molecule has 0 aromatic carbocycles. The lowest BCUT2D eigenvalue weighted by Gasteiger charge is -2.37. The lowest BCUT2D eigenvalue weighted by molar-refractivity contribution is -0.0903. The van der Waals surface area contributed by atoms with Crippen molar-refractivity contribution in [2.75, 3.05) is 6.26 Å². The topological polar surface area (TPSA) is 63.6 Å². The number of aliphatic hydroxyl groups excluding tert-OH is 1. The lowest BCUT2D eigenvalue weighted by atomic mass is 9.79. The maximum Gasteiger partial charge on any atom is 0.155 e. The summed E-state index contributed by atoms with van der Waals surface area (Å²) in [4.78, 5) is 0. The highest BCUT2D eigenvalue weighted by Gasteiger charge is 2.54. The van der Waals surface area contributed by atoms with Crippen LogP contribution in [0.4, 0.5) is 0 Å². The highest BCUT2D eigenvalue weighted by Crippen LogP contribution is 2.46. The van der Waals surface area contributed by atoms with Gasteiger partial charge >= 0.3 is 0 Å². The average Bonchev–Trinajstić information content (AvgIpc) is 2.30. The minimum Gasteiger partial charge on any atom is -0.391 e. The molecule has 0 aromatic rings. The zero-order valence-corrected chi connectivity index (χ0v) is 13.3. The Labute approximate surface area is 111 Å². The van der Waals surface area contributed by atoms with Gasteiger partial charge in [0.2, 0.25) is 0 Å². The van der Waals surface area contributed by atoms with Crippen LogP contribution in [-0.4, -0.2) is 41.8 Å². The molecule has 0 saturated carbocycles. The molecule has 2 unspecified atom stereocenters. The van der Waals surface area contributed by atoms with Gasteiger partial charge in [0.25, 0.3) is 0 Å². The van der Waals surface area contributed by atoms with Crippen LogP contribution in [0.3, 0.4) is 0 Å². The van der Waals surface area contributed by atoms with E-state index in [1.807, 2.05) is 27.7 Å². The standard InChI is InChI=1S/C13H26O4S/c1-11(2)8-9(12(3,4)17-11)10(14)13(5,6)18(7,15)16/h9-10,14H,8H2,1-7H3. The molecule has 1 fully saturated rings. The van der Waals surface area contributed by atoms with Gasteiger partial charge in [0.15, 0.2) is 9.84 Å². The highest BCUT2D eigenvalue weighted by molar-refractivity contribution is 7.92. The van der Waals surface area contributed by atoms with Crippen molar-refractivity contribution < 1.29 is 18.3 Å². The highest BCUT2D eigenvalue weighted by atomic mass is 32.2. The summed E-state index contributed by atoms with van der Waals surface area (Å²) in [6, 6.07) is 0. The predicted octanol–water partition coefficient (Wildman–Crippen LogP) is 1.76. The van der Waals surface area contributed by atoms with Gasteiger partial charge in [-0.05, 0) is 48.0 Å². The quantitative estimate of drug-likeness (QED) is 0.854. The Morgan fingerprint density at radius 1 is 1.28 bits per heavy atom. The van der Waals surface area contributed by atoms with Crippen molar-refractivity contribution in [1.82, 2.24) is 0 Å². The first-order chi connectivity index (χ1) is 7.71. The summed E-state index contributed by atoms with van der Waals surface area (Å²) in [6.07, 6.45) is 0.883. The van der Waals surface area contributed by atoms with E-state index < -0.39 is 26.3 Å². The van der Waals surface area contributed by atoms with Crippen LogP contribution in [0.15, 0.2) is 0 Å². The molecular formula is C13H26O4S. The van der Waals surface area contributed by atoms with Crippen LogP contribution < -0.4 is 0 Å². The second-order valence-electron chi connectivity index (χ2n) is 7.10. The summed E-state index contributed by atoms with van der Waals surface area (Å²) in [5, 5.41) is 10.5. The number of ether oxygens (including phenoxy) is 1. The van der Waals surface area contributed by atoms with E-state index in [1.165, 1.54) is 6.26 Å². The van der Waals surface area contributed by atoms with Crippen LogP contribution in [0.5, 0.6) is 0 Å². The molecule has 108 valence electrons. The van der Waals surface area contributed by atoms with Gasteiger partial charge in [-0.3, -0.25) is 0 Å². The molecule has 5 heteroatoms. The molecule has 1 aliphatic rings. The molecule has 0 aromatic heterocycles. The van der Waals surface area contributed by atoms with Gasteiger partial charge < -0.3 is 9.84 Å². The van der Waals surface area contributed by atoms with Crippen LogP contribution >= 0.6 is 0 Å². The molecule has 0 aliphatic carbocycles. The maximum absolute atomic E-state index is 11.8. The number of sulfone groups is 1. The second-order valence-corrected chi connectivity index (χ2v) is 9.69. The van der Waals surface area contributed by atoms with Crippen molar-refractivity contribution in [1.29, 1.82) is 0 Å². The van der Waals surface area contributed by atoms with E-state index >= 15 is 0 Å². The second kappa shape index (κ2) is 4.18. The van der Waals surface area contributed by atoms with Crippen molar-refractivity contribution in [3.63, 3.8) is 0 Å².